The summed E-state index contributed by atoms with van der Waals surface area (Å²) < 4.78 is 16.3. The van der Waals surface area contributed by atoms with E-state index in [1.54, 1.807) is 42.7 Å². The first-order valence-corrected chi connectivity index (χ1v) is 12.2. The third-order valence-electron chi connectivity index (χ3n) is 6.06. The number of likely N-dealkylation sites (tertiary alicyclic amines) is 1. The lowest BCUT2D eigenvalue weighted by atomic mass is 10.0. The van der Waals surface area contributed by atoms with Crippen molar-refractivity contribution in [3.05, 3.63) is 65.4 Å². The Morgan fingerprint density at radius 3 is 2.68 bits per heavy atom. The molecule has 1 aliphatic rings. The molecule has 5 rings (SSSR count). The van der Waals surface area contributed by atoms with E-state index in [1.165, 1.54) is 16.5 Å². The van der Waals surface area contributed by atoms with Crippen molar-refractivity contribution in [2.75, 3.05) is 11.9 Å². The molecule has 0 bridgehead atoms. The third kappa shape index (κ3) is 5.10. The van der Waals surface area contributed by atoms with Crippen LogP contribution >= 0.6 is 15.9 Å². The molecule has 0 saturated carbocycles. The van der Waals surface area contributed by atoms with E-state index in [2.05, 4.69) is 47.6 Å². The first-order chi connectivity index (χ1) is 17.8. The fraction of sp³-hybridized carbons (Fsp3) is 0.240. The van der Waals surface area contributed by atoms with Crippen molar-refractivity contribution >= 4 is 50.2 Å². The van der Waals surface area contributed by atoms with Crippen LogP contribution in [-0.4, -0.2) is 66.0 Å². The maximum Gasteiger partial charge on any atom is 0.248 e. The lowest BCUT2D eigenvalue weighted by molar-refractivity contribution is -0.137. The molecule has 2 amide bonds. The lowest BCUT2D eigenvalue weighted by Crippen LogP contribution is -2.44. The average molecular weight is 565 g/mol. The Bertz CT molecular complexity index is 1510. The number of ketones is 1. The molecule has 10 nitrogen and oxygen atoms in total. The highest BCUT2D eigenvalue weighted by Crippen LogP contribution is 2.28. The van der Waals surface area contributed by atoms with Gasteiger partial charge in [-0.05, 0) is 45.8 Å². The second-order valence-electron chi connectivity index (χ2n) is 8.60. The molecule has 0 aliphatic carbocycles. The smallest absolute Gasteiger partial charge is 0.248 e. The molecule has 1 N–H and O–H groups in total. The Morgan fingerprint density at radius 2 is 1.95 bits per heavy atom. The number of anilines is 1. The summed E-state index contributed by atoms with van der Waals surface area (Å²) in [5.41, 5.74) is 2.26. The van der Waals surface area contributed by atoms with Crippen LogP contribution in [-0.2, 0) is 16.1 Å². The van der Waals surface area contributed by atoms with Gasteiger partial charge in [-0.2, -0.15) is 5.10 Å². The highest BCUT2D eigenvalue weighted by atomic mass is 79.9. The first-order valence-electron chi connectivity index (χ1n) is 11.4. The van der Waals surface area contributed by atoms with Gasteiger partial charge < -0.3 is 10.2 Å². The molecule has 2 atom stereocenters. The van der Waals surface area contributed by atoms with Gasteiger partial charge in [0.05, 0.1) is 12.1 Å². The SMILES string of the molecule is CC(=O)c1nn(CC(=O)N2C[C@H](F)C[C@H]2C(=O)Nc2cccc(Br)n2)c2ccc(-c3cn[c]nc3)cc12. The number of carbonyl (C=O) groups excluding carboxylic acids is 3. The van der Waals surface area contributed by atoms with E-state index in [9.17, 15) is 18.8 Å². The summed E-state index contributed by atoms with van der Waals surface area (Å²) >= 11 is 3.24. The van der Waals surface area contributed by atoms with Crippen molar-refractivity contribution in [3.63, 3.8) is 0 Å². The zero-order valence-corrected chi connectivity index (χ0v) is 21.1. The predicted octanol–water partition coefficient (Wildman–Crippen LogP) is 3.23. The van der Waals surface area contributed by atoms with Crippen LogP contribution in [0.2, 0.25) is 0 Å². The zero-order valence-electron chi connectivity index (χ0n) is 19.6. The van der Waals surface area contributed by atoms with E-state index in [0.717, 1.165) is 11.1 Å². The molecule has 1 saturated heterocycles. The molecule has 3 aromatic heterocycles. The quantitative estimate of drug-likeness (QED) is 0.281. The predicted molar refractivity (Wildman–Crippen MR) is 135 cm³/mol. The Labute approximate surface area is 219 Å². The van der Waals surface area contributed by atoms with E-state index in [1.807, 2.05) is 6.07 Å². The standard InChI is InChI=1S/C25H20BrFN7O3/c1-14(35)24-18-7-15(16-9-28-13-29-10-16)5-6-19(18)34(32-24)12-23(36)33-11-17(27)8-20(33)25(37)31-22-4-2-3-21(26)30-22/h2-7,9-10,17,20H,8,11-12H2,1H3,(H,30,31,37)/t17-,20+/m1/s1. The molecule has 4 heterocycles. The number of alkyl halides is 1. The molecular formula is C25H20BrFN7O3. The van der Waals surface area contributed by atoms with Crippen LogP contribution in [0.25, 0.3) is 22.0 Å². The highest BCUT2D eigenvalue weighted by Gasteiger charge is 2.40. The molecule has 1 fully saturated rings. The molecule has 0 unspecified atom stereocenters. The van der Waals surface area contributed by atoms with Crippen molar-refractivity contribution in [2.24, 2.45) is 0 Å². The summed E-state index contributed by atoms with van der Waals surface area (Å²) in [6.45, 7) is 0.917. The van der Waals surface area contributed by atoms with Gasteiger partial charge in [0, 0.05) is 36.7 Å². The van der Waals surface area contributed by atoms with Gasteiger partial charge in [-0.1, -0.05) is 12.1 Å². The molecule has 37 heavy (non-hydrogen) atoms. The number of rotatable bonds is 6. The minimum atomic E-state index is -1.34. The highest BCUT2D eigenvalue weighted by molar-refractivity contribution is 9.10. The summed E-state index contributed by atoms with van der Waals surface area (Å²) in [4.78, 5) is 51.7. The molecular weight excluding hydrogens is 545 g/mol. The number of aromatic nitrogens is 5. The third-order valence-corrected chi connectivity index (χ3v) is 6.51. The maximum absolute atomic E-state index is 14.4. The van der Waals surface area contributed by atoms with Crippen LogP contribution in [0.5, 0.6) is 0 Å². The molecule has 1 aliphatic heterocycles. The Balaban J connectivity index is 1.41. The number of hydrogen-bond donors (Lipinski definition) is 1. The zero-order chi connectivity index (χ0) is 26.1. The van der Waals surface area contributed by atoms with E-state index >= 15 is 0 Å². The van der Waals surface area contributed by atoms with Gasteiger partial charge in [-0.3, -0.25) is 19.1 Å². The molecule has 12 heteroatoms. The van der Waals surface area contributed by atoms with Crippen LogP contribution in [0, 0.1) is 6.33 Å². The number of nitrogens with zero attached hydrogens (tertiary/aromatic N) is 6. The molecule has 187 valence electrons. The number of amides is 2. The Hall–Kier alpha value is -4.06. The summed E-state index contributed by atoms with van der Waals surface area (Å²) in [6, 6.07) is 9.35. The van der Waals surface area contributed by atoms with E-state index in [-0.39, 0.29) is 36.8 Å². The van der Waals surface area contributed by atoms with Crippen molar-refractivity contribution in [1.82, 2.24) is 29.6 Å². The van der Waals surface area contributed by atoms with Gasteiger partial charge in [0.15, 0.2) is 12.1 Å². The van der Waals surface area contributed by atoms with Crippen molar-refractivity contribution < 1.29 is 18.8 Å². The van der Waals surface area contributed by atoms with Gasteiger partial charge in [-0.15, -0.1) is 0 Å². The second-order valence-corrected chi connectivity index (χ2v) is 9.41. The molecule has 1 aromatic carbocycles. The maximum atomic E-state index is 14.4. The number of benzene rings is 1. The number of carbonyl (C=O) groups is 3. The summed E-state index contributed by atoms with van der Waals surface area (Å²) in [6.07, 6.45) is 4.22. The molecule has 1 radical (unpaired) electrons. The van der Waals surface area contributed by atoms with Gasteiger partial charge >= 0.3 is 0 Å². The first kappa shape index (κ1) is 24.6. The topological polar surface area (TPSA) is 123 Å². The van der Waals surface area contributed by atoms with Crippen molar-refractivity contribution in [3.8, 4) is 11.1 Å². The number of Topliss-reactive ketones (excluding diaryl/α,β-unsaturated/α-hetero) is 1. The van der Waals surface area contributed by atoms with Crippen LogP contribution in [0.3, 0.4) is 0 Å². The fourth-order valence-electron chi connectivity index (χ4n) is 4.37. The monoisotopic (exact) mass is 564 g/mol. The Morgan fingerprint density at radius 1 is 1.16 bits per heavy atom. The van der Waals surface area contributed by atoms with Crippen LogP contribution in [0.1, 0.15) is 23.8 Å². The lowest BCUT2D eigenvalue weighted by Gasteiger charge is -2.23. The number of nitrogens with one attached hydrogen (secondary N) is 1. The number of halogens is 2. The van der Waals surface area contributed by atoms with E-state index < -0.39 is 24.0 Å². The normalized spacial score (nSPS) is 17.2. The van der Waals surface area contributed by atoms with Gasteiger partial charge in [0.1, 0.15) is 34.9 Å². The number of fused-ring (bicyclic) bond motifs is 1. The van der Waals surface area contributed by atoms with E-state index in [4.69, 9.17) is 0 Å². The number of hydrogen-bond acceptors (Lipinski definition) is 7. The second kappa shape index (κ2) is 10.1. The summed E-state index contributed by atoms with van der Waals surface area (Å²) in [5.74, 6) is -0.996. The summed E-state index contributed by atoms with van der Waals surface area (Å²) in [7, 11) is 0. The minimum Gasteiger partial charge on any atom is -0.326 e. The molecule has 4 aromatic rings. The van der Waals surface area contributed by atoms with E-state index in [0.29, 0.717) is 15.5 Å². The van der Waals surface area contributed by atoms with Gasteiger partial charge in [0.25, 0.3) is 0 Å². The van der Waals surface area contributed by atoms with Crippen molar-refractivity contribution in [2.45, 2.75) is 32.1 Å². The van der Waals surface area contributed by atoms with Gasteiger partial charge in [-0.25, -0.2) is 19.3 Å². The largest absolute Gasteiger partial charge is 0.326 e. The van der Waals surface area contributed by atoms with Crippen molar-refractivity contribution in [1.29, 1.82) is 0 Å². The van der Waals surface area contributed by atoms with Crippen LogP contribution in [0.15, 0.2) is 53.4 Å². The number of pyridine rings is 1. The Kier molecular flexibility index (Phi) is 6.74. The molecule has 0 spiro atoms. The minimum absolute atomic E-state index is 0.121. The average Bonchev–Trinajstić information content (AvgIpc) is 3.45. The van der Waals surface area contributed by atoms with Crippen LogP contribution < -0.4 is 5.32 Å². The fourth-order valence-corrected chi connectivity index (χ4v) is 4.71. The van der Waals surface area contributed by atoms with Crippen LogP contribution in [0.4, 0.5) is 10.2 Å². The van der Waals surface area contributed by atoms with Gasteiger partial charge in [0.2, 0.25) is 11.8 Å². The summed E-state index contributed by atoms with van der Waals surface area (Å²) in [5, 5.41) is 7.58.